The van der Waals surface area contributed by atoms with Crippen LogP contribution >= 0.6 is 15.9 Å². The number of rotatable bonds is 3. The van der Waals surface area contributed by atoms with Gasteiger partial charge in [0.1, 0.15) is 0 Å². The number of nitrogens with one attached hydrogen (secondary N) is 1. The van der Waals surface area contributed by atoms with Crippen LogP contribution in [0.3, 0.4) is 0 Å². The number of hydrogen-bond acceptors (Lipinski definition) is 1. The fourth-order valence-electron chi connectivity index (χ4n) is 1.59. The molecule has 0 aliphatic heterocycles. The third-order valence-corrected chi connectivity index (χ3v) is 3.50. The minimum absolute atomic E-state index is 0.174. The Kier molecular flexibility index (Phi) is 3.41. The van der Waals surface area contributed by atoms with Crippen molar-refractivity contribution >= 4 is 27.5 Å². The maximum Gasteiger partial charge on any atom is 0.227 e. The maximum atomic E-state index is 11.6. The summed E-state index contributed by atoms with van der Waals surface area (Å²) in [5, 5.41) is 3.79. The van der Waals surface area contributed by atoms with Crippen LogP contribution in [0.4, 0.5) is 5.69 Å². The van der Waals surface area contributed by atoms with Gasteiger partial charge in [-0.2, -0.15) is 0 Å². The van der Waals surface area contributed by atoms with Gasteiger partial charge in [-0.15, -0.1) is 0 Å². The first-order valence-electron chi connectivity index (χ1n) is 5.25. The maximum absolute atomic E-state index is 11.6. The number of halogens is 1. The molecule has 1 aliphatic carbocycles. The molecule has 0 atom stereocenters. The summed E-state index contributed by atoms with van der Waals surface area (Å²) >= 11 is 3.39. The summed E-state index contributed by atoms with van der Waals surface area (Å²) in [5.41, 5.74) is 2.12. The highest BCUT2D eigenvalue weighted by molar-refractivity contribution is 9.08. The minimum atomic E-state index is 0.174. The Morgan fingerprint density at radius 2 is 2.00 bits per heavy atom. The van der Waals surface area contributed by atoms with Crippen molar-refractivity contribution in [2.75, 3.05) is 5.32 Å². The van der Waals surface area contributed by atoms with E-state index < -0.39 is 0 Å². The molecule has 1 N–H and O–H groups in total. The molecule has 1 aromatic rings. The molecular formula is C12H14BrNO. The highest BCUT2D eigenvalue weighted by atomic mass is 79.9. The molecule has 1 saturated carbocycles. The number of carbonyl (C=O) groups excluding carboxylic acids is 1. The predicted octanol–water partition coefficient (Wildman–Crippen LogP) is 3.32. The summed E-state index contributed by atoms with van der Waals surface area (Å²) in [6, 6.07) is 7.94. The van der Waals surface area contributed by atoms with Gasteiger partial charge in [0.15, 0.2) is 0 Å². The molecule has 1 aromatic carbocycles. The normalized spacial score (nSPS) is 15.8. The van der Waals surface area contributed by atoms with E-state index >= 15 is 0 Å². The largest absolute Gasteiger partial charge is 0.326 e. The van der Waals surface area contributed by atoms with Crippen molar-refractivity contribution in [1.82, 2.24) is 0 Å². The summed E-state index contributed by atoms with van der Waals surface area (Å²) < 4.78 is 0. The lowest BCUT2D eigenvalue weighted by atomic mass is 9.85. The Labute approximate surface area is 98.2 Å². The summed E-state index contributed by atoms with van der Waals surface area (Å²) in [7, 11) is 0. The molecule has 1 amide bonds. The van der Waals surface area contributed by atoms with Crippen LogP contribution in [0.5, 0.6) is 0 Å². The standard InChI is InChI=1S/C12H14BrNO/c13-8-9-4-6-11(7-5-9)14-12(15)10-2-1-3-10/h4-7,10H,1-3,8H2,(H,14,15). The van der Waals surface area contributed by atoms with E-state index in [0.29, 0.717) is 0 Å². The van der Waals surface area contributed by atoms with Gasteiger partial charge in [0.05, 0.1) is 0 Å². The van der Waals surface area contributed by atoms with Crippen molar-refractivity contribution in [2.45, 2.75) is 24.6 Å². The molecular weight excluding hydrogens is 254 g/mol. The first-order valence-corrected chi connectivity index (χ1v) is 6.37. The number of carbonyl (C=O) groups is 1. The van der Waals surface area contributed by atoms with E-state index in [1.54, 1.807) is 0 Å². The van der Waals surface area contributed by atoms with Gasteiger partial charge in [0.2, 0.25) is 5.91 Å². The lowest BCUT2D eigenvalue weighted by Crippen LogP contribution is -2.27. The molecule has 0 saturated heterocycles. The van der Waals surface area contributed by atoms with E-state index in [1.165, 1.54) is 12.0 Å². The number of anilines is 1. The van der Waals surface area contributed by atoms with Gasteiger partial charge < -0.3 is 5.32 Å². The number of amides is 1. The highest BCUT2D eigenvalue weighted by Crippen LogP contribution is 2.27. The molecule has 1 fully saturated rings. The van der Waals surface area contributed by atoms with Crippen LogP contribution in [0.25, 0.3) is 0 Å². The van der Waals surface area contributed by atoms with E-state index in [4.69, 9.17) is 0 Å². The van der Waals surface area contributed by atoms with Crippen LogP contribution in [0.1, 0.15) is 24.8 Å². The molecule has 2 nitrogen and oxygen atoms in total. The van der Waals surface area contributed by atoms with Crippen LogP contribution in [0, 0.1) is 5.92 Å². The number of benzene rings is 1. The SMILES string of the molecule is O=C(Nc1ccc(CBr)cc1)C1CCC1. The van der Waals surface area contributed by atoms with Crippen molar-refractivity contribution in [3.63, 3.8) is 0 Å². The summed E-state index contributed by atoms with van der Waals surface area (Å²) in [5.74, 6) is 0.425. The summed E-state index contributed by atoms with van der Waals surface area (Å²) in [4.78, 5) is 11.6. The molecule has 0 bridgehead atoms. The lowest BCUT2D eigenvalue weighted by Gasteiger charge is -2.24. The zero-order valence-electron chi connectivity index (χ0n) is 8.50. The van der Waals surface area contributed by atoms with Crippen LogP contribution in [-0.4, -0.2) is 5.91 Å². The smallest absolute Gasteiger partial charge is 0.227 e. The second-order valence-electron chi connectivity index (χ2n) is 3.95. The molecule has 2 rings (SSSR count). The van der Waals surface area contributed by atoms with Crippen molar-refractivity contribution in [3.8, 4) is 0 Å². The van der Waals surface area contributed by atoms with Crippen LogP contribution in [0.15, 0.2) is 24.3 Å². The van der Waals surface area contributed by atoms with E-state index in [-0.39, 0.29) is 11.8 Å². The van der Waals surface area contributed by atoms with Crippen molar-refractivity contribution in [2.24, 2.45) is 5.92 Å². The molecule has 0 radical (unpaired) electrons. The first kappa shape index (κ1) is 10.7. The molecule has 0 unspecified atom stereocenters. The molecule has 0 aromatic heterocycles. The Morgan fingerprint density at radius 1 is 1.33 bits per heavy atom. The fourth-order valence-corrected chi connectivity index (χ4v) is 1.97. The van der Waals surface area contributed by atoms with Gasteiger partial charge in [-0.05, 0) is 30.5 Å². The monoisotopic (exact) mass is 267 g/mol. The predicted molar refractivity (Wildman–Crippen MR) is 65.0 cm³/mol. The lowest BCUT2D eigenvalue weighted by molar-refractivity contribution is -0.122. The molecule has 3 heteroatoms. The molecule has 1 aliphatic rings. The Bertz CT molecular complexity index is 343. The van der Waals surface area contributed by atoms with Crippen LogP contribution in [-0.2, 0) is 10.1 Å². The second-order valence-corrected chi connectivity index (χ2v) is 4.51. The van der Waals surface area contributed by atoms with Gasteiger partial charge >= 0.3 is 0 Å². The van der Waals surface area contributed by atoms with E-state index in [0.717, 1.165) is 23.9 Å². The van der Waals surface area contributed by atoms with Crippen molar-refractivity contribution in [3.05, 3.63) is 29.8 Å². The van der Waals surface area contributed by atoms with Gasteiger partial charge in [-0.25, -0.2) is 0 Å². The zero-order chi connectivity index (χ0) is 10.7. The summed E-state index contributed by atoms with van der Waals surface area (Å²) in [6.45, 7) is 0. The molecule has 15 heavy (non-hydrogen) atoms. The van der Waals surface area contributed by atoms with E-state index in [1.807, 2.05) is 24.3 Å². The fraction of sp³-hybridized carbons (Fsp3) is 0.417. The van der Waals surface area contributed by atoms with Crippen molar-refractivity contribution in [1.29, 1.82) is 0 Å². The quantitative estimate of drug-likeness (QED) is 0.837. The van der Waals surface area contributed by atoms with E-state index in [2.05, 4.69) is 21.2 Å². The number of alkyl halides is 1. The molecule has 0 heterocycles. The molecule has 80 valence electrons. The first-order chi connectivity index (χ1) is 7.29. The minimum Gasteiger partial charge on any atom is -0.326 e. The van der Waals surface area contributed by atoms with E-state index in [9.17, 15) is 4.79 Å². The van der Waals surface area contributed by atoms with Crippen LogP contribution in [0.2, 0.25) is 0 Å². The summed E-state index contributed by atoms with van der Waals surface area (Å²) in [6.07, 6.45) is 3.29. The second kappa shape index (κ2) is 4.79. The van der Waals surface area contributed by atoms with Crippen molar-refractivity contribution < 1.29 is 4.79 Å². The highest BCUT2D eigenvalue weighted by Gasteiger charge is 2.24. The topological polar surface area (TPSA) is 29.1 Å². The average molecular weight is 268 g/mol. The van der Waals surface area contributed by atoms with Gasteiger partial charge in [0, 0.05) is 16.9 Å². The van der Waals surface area contributed by atoms with Crippen LogP contribution < -0.4 is 5.32 Å². The Balaban J connectivity index is 1.94. The third-order valence-electron chi connectivity index (χ3n) is 2.85. The Hall–Kier alpha value is -0.830. The van der Waals surface area contributed by atoms with Gasteiger partial charge in [-0.3, -0.25) is 4.79 Å². The third kappa shape index (κ3) is 2.59. The Morgan fingerprint density at radius 3 is 2.47 bits per heavy atom. The average Bonchev–Trinajstić information content (AvgIpc) is 2.16. The number of hydrogen-bond donors (Lipinski definition) is 1. The van der Waals surface area contributed by atoms with Gasteiger partial charge in [0.25, 0.3) is 0 Å². The zero-order valence-corrected chi connectivity index (χ0v) is 10.1. The van der Waals surface area contributed by atoms with Gasteiger partial charge in [-0.1, -0.05) is 34.5 Å². The molecule has 0 spiro atoms.